The number of hydrogen-bond donors (Lipinski definition) is 0. The molecule has 3 saturated carbocycles. The molecule has 1 aliphatic heterocycles. The van der Waals surface area contributed by atoms with Gasteiger partial charge in [0.25, 0.3) is 0 Å². The van der Waals surface area contributed by atoms with Crippen LogP contribution in [-0.2, 0) is 9.47 Å². The van der Waals surface area contributed by atoms with Gasteiger partial charge in [-0.2, -0.15) is 0 Å². The molecule has 132 valence electrons. The normalized spacial score (nSPS) is 49.5. The second-order valence-corrected chi connectivity index (χ2v) is 9.24. The summed E-state index contributed by atoms with van der Waals surface area (Å²) in [6, 6.07) is 0. The molecule has 1 heterocycles. The number of allylic oxidation sites excluding steroid dienone is 2. The average Bonchev–Trinajstić information content (AvgIpc) is 3.03. The van der Waals surface area contributed by atoms with Gasteiger partial charge in [0.05, 0.1) is 6.10 Å². The van der Waals surface area contributed by atoms with E-state index in [1.165, 1.54) is 44.9 Å². The van der Waals surface area contributed by atoms with E-state index in [4.69, 9.17) is 9.47 Å². The van der Waals surface area contributed by atoms with Crippen LogP contribution in [0.3, 0.4) is 0 Å². The summed E-state index contributed by atoms with van der Waals surface area (Å²) in [4.78, 5) is 0. The Hall–Kier alpha value is -0.600. The Kier molecular flexibility index (Phi) is 3.55. The Labute approximate surface area is 146 Å². The smallest absolute Gasteiger partial charge is 0.110 e. The van der Waals surface area contributed by atoms with Crippen molar-refractivity contribution in [1.82, 2.24) is 0 Å². The molecular weight excluding hydrogens is 296 g/mol. The molecule has 0 radical (unpaired) electrons. The third kappa shape index (κ3) is 1.90. The zero-order valence-corrected chi connectivity index (χ0v) is 15.5. The highest BCUT2D eigenvalue weighted by Gasteiger charge is 2.65. The minimum absolute atomic E-state index is 0.135. The molecule has 4 unspecified atom stereocenters. The maximum absolute atomic E-state index is 6.81. The first kappa shape index (κ1) is 15.6. The van der Waals surface area contributed by atoms with E-state index in [-0.39, 0.29) is 12.2 Å². The Bertz CT molecular complexity index is 591. The minimum Gasteiger partial charge on any atom is -0.374 e. The van der Waals surface area contributed by atoms with Crippen LogP contribution in [0.25, 0.3) is 0 Å². The highest BCUT2D eigenvalue weighted by molar-refractivity contribution is 5.44. The van der Waals surface area contributed by atoms with Crippen molar-refractivity contribution < 1.29 is 9.47 Å². The Morgan fingerprint density at radius 2 is 2.25 bits per heavy atom. The first-order valence-electron chi connectivity index (χ1n) is 10.3. The molecule has 0 N–H and O–H groups in total. The third-order valence-corrected chi connectivity index (χ3v) is 8.32. The topological polar surface area (TPSA) is 18.5 Å². The van der Waals surface area contributed by atoms with E-state index >= 15 is 0 Å². The fraction of sp³-hybridized carbons (Fsp3) is 0.818. The summed E-state index contributed by atoms with van der Waals surface area (Å²) in [6.07, 6.45) is 15.1. The summed E-state index contributed by atoms with van der Waals surface area (Å²) in [5, 5.41) is 0. The van der Waals surface area contributed by atoms with E-state index in [0.29, 0.717) is 17.4 Å². The molecule has 0 aromatic rings. The molecule has 6 aliphatic rings. The molecule has 4 fully saturated rings. The lowest BCUT2D eigenvalue weighted by atomic mass is 9.44. The number of fused-ring (bicyclic) bond motifs is 2. The molecule has 8 atom stereocenters. The first-order valence-corrected chi connectivity index (χ1v) is 10.3. The lowest BCUT2D eigenvalue weighted by molar-refractivity contribution is -0.150. The maximum Gasteiger partial charge on any atom is 0.110 e. The predicted octanol–water partition coefficient (Wildman–Crippen LogP) is 4.90. The summed E-state index contributed by atoms with van der Waals surface area (Å²) >= 11 is 0. The number of hydrogen-bond acceptors (Lipinski definition) is 2. The Morgan fingerprint density at radius 3 is 3.04 bits per heavy atom. The van der Waals surface area contributed by atoms with Gasteiger partial charge in [0, 0.05) is 13.0 Å². The van der Waals surface area contributed by atoms with Gasteiger partial charge in [-0.25, -0.2) is 0 Å². The average molecular weight is 328 g/mol. The zero-order chi connectivity index (χ0) is 16.5. The van der Waals surface area contributed by atoms with E-state index in [0.717, 1.165) is 17.8 Å². The Balaban J connectivity index is 1.54. The van der Waals surface area contributed by atoms with Crippen LogP contribution in [0.2, 0.25) is 0 Å². The number of rotatable bonds is 4. The van der Waals surface area contributed by atoms with Crippen LogP contribution in [0.1, 0.15) is 58.8 Å². The van der Waals surface area contributed by atoms with Gasteiger partial charge in [-0.05, 0) is 66.4 Å². The standard InChI is InChI=1S/C22H32O2/c1-4-5-13(2)16-12-22-10-8-14-6-7-17(23-3)21-18(14)19(22)20(24-21)15(16)9-11-22/h6-7,13,15-17,19-21H,4-5,8-12H2,1-3H3/t13-,15-,16?,17?,19?,20-,21?,22+/m0/s1. The van der Waals surface area contributed by atoms with Gasteiger partial charge in [-0.1, -0.05) is 38.8 Å². The van der Waals surface area contributed by atoms with Gasteiger partial charge in [0.1, 0.15) is 12.2 Å². The third-order valence-electron chi connectivity index (χ3n) is 8.32. The van der Waals surface area contributed by atoms with Gasteiger partial charge >= 0.3 is 0 Å². The summed E-state index contributed by atoms with van der Waals surface area (Å²) in [6.45, 7) is 4.85. The molecule has 1 saturated heterocycles. The summed E-state index contributed by atoms with van der Waals surface area (Å²) in [5.41, 5.74) is 3.80. The van der Waals surface area contributed by atoms with E-state index in [9.17, 15) is 0 Å². The highest BCUT2D eigenvalue weighted by Crippen LogP contribution is 2.68. The van der Waals surface area contributed by atoms with Crippen molar-refractivity contribution in [3.63, 3.8) is 0 Å². The molecular formula is C22H32O2. The van der Waals surface area contributed by atoms with Crippen molar-refractivity contribution in [3.8, 4) is 0 Å². The van der Waals surface area contributed by atoms with E-state index in [2.05, 4.69) is 26.0 Å². The van der Waals surface area contributed by atoms with Crippen LogP contribution in [0.5, 0.6) is 0 Å². The van der Waals surface area contributed by atoms with Crippen LogP contribution < -0.4 is 0 Å². The fourth-order valence-corrected chi connectivity index (χ4v) is 7.32. The van der Waals surface area contributed by atoms with Crippen molar-refractivity contribution in [3.05, 3.63) is 23.3 Å². The molecule has 2 nitrogen and oxygen atoms in total. The molecule has 24 heavy (non-hydrogen) atoms. The molecule has 2 heteroatoms. The van der Waals surface area contributed by atoms with Gasteiger partial charge in [-0.3, -0.25) is 0 Å². The van der Waals surface area contributed by atoms with E-state index < -0.39 is 0 Å². The lowest BCUT2D eigenvalue weighted by Crippen LogP contribution is -2.56. The van der Waals surface area contributed by atoms with Crippen molar-refractivity contribution in [1.29, 1.82) is 0 Å². The van der Waals surface area contributed by atoms with E-state index in [1.807, 2.05) is 7.11 Å². The second kappa shape index (κ2) is 5.45. The maximum atomic E-state index is 6.81. The van der Waals surface area contributed by atoms with Crippen molar-refractivity contribution >= 4 is 0 Å². The first-order chi connectivity index (χ1) is 11.7. The van der Waals surface area contributed by atoms with Gasteiger partial charge in [0.2, 0.25) is 0 Å². The molecule has 0 aromatic carbocycles. The summed E-state index contributed by atoms with van der Waals surface area (Å²) in [5.74, 6) is 3.23. The summed E-state index contributed by atoms with van der Waals surface area (Å²) in [7, 11) is 1.84. The molecule has 0 amide bonds. The van der Waals surface area contributed by atoms with Gasteiger partial charge < -0.3 is 9.47 Å². The number of methoxy groups -OCH3 is 1. The van der Waals surface area contributed by atoms with E-state index in [1.54, 1.807) is 11.1 Å². The predicted molar refractivity (Wildman–Crippen MR) is 95.7 cm³/mol. The zero-order valence-electron chi connectivity index (χ0n) is 15.5. The Morgan fingerprint density at radius 1 is 1.38 bits per heavy atom. The lowest BCUT2D eigenvalue weighted by Gasteiger charge is -2.60. The molecule has 5 aliphatic carbocycles. The summed E-state index contributed by atoms with van der Waals surface area (Å²) < 4.78 is 12.6. The highest BCUT2D eigenvalue weighted by atomic mass is 16.5. The molecule has 1 spiro atoms. The fourth-order valence-electron chi connectivity index (χ4n) is 7.32. The van der Waals surface area contributed by atoms with Crippen molar-refractivity contribution in [2.45, 2.75) is 77.1 Å². The van der Waals surface area contributed by atoms with Crippen LogP contribution >= 0.6 is 0 Å². The quantitative estimate of drug-likeness (QED) is 0.731. The monoisotopic (exact) mass is 328 g/mol. The van der Waals surface area contributed by atoms with Gasteiger partial charge in [-0.15, -0.1) is 0 Å². The van der Waals surface area contributed by atoms with Crippen molar-refractivity contribution in [2.75, 3.05) is 7.11 Å². The van der Waals surface area contributed by atoms with Crippen molar-refractivity contribution in [2.24, 2.45) is 29.1 Å². The van der Waals surface area contributed by atoms with Gasteiger partial charge in [0.15, 0.2) is 0 Å². The number of ether oxygens (including phenoxy) is 2. The second-order valence-electron chi connectivity index (χ2n) is 9.24. The van der Waals surface area contributed by atoms with Crippen LogP contribution in [0.4, 0.5) is 0 Å². The van der Waals surface area contributed by atoms with Crippen LogP contribution in [0, 0.1) is 29.1 Å². The molecule has 2 bridgehead atoms. The molecule has 0 aromatic heterocycles. The SMILES string of the molecule is CCC[C@H](C)C1C[C@]23CCC4=C5C(O[C@H](C52)[C@H]1CC3)C(OC)C=C4. The minimum atomic E-state index is 0.135. The van der Waals surface area contributed by atoms with Crippen LogP contribution in [0.15, 0.2) is 23.3 Å². The molecule has 6 rings (SSSR count). The largest absolute Gasteiger partial charge is 0.374 e. The van der Waals surface area contributed by atoms with Crippen LogP contribution in [-0.4, -0.2) is 25.4 Å².